The van der Waals surface area contributed by atoms with Crippen LogP contribution in [0.5, 0.6) is 0 Å². The van der Waals surface area contributed by atoms with Crippen molar-refractivity contribution in [2.75, 3.05) is 0 Å². The molecule has 0 heterocycles. The van der Waals surface area contributed by atoms with Gasteiger partial charge in [0.05, 0.1) is 0 Å². The van der Waals surface area contributed by atoms with Crippen molar-refractivity contribution in [3.63, 3.8) is 0 Å². The molecule has 1 heteroatoms. The summed E-state index contributed by atoms with van der Waals surface area (Å²) < 4.78 is 0. The lowest BCUT2D eigenvalue weighted by Crippen LogP contribution is -1.94. The molecule has 2 unspecified atom stereocenters. The van der Waals surface area contributed by atoms with Gasteiger partial charge < -0.3 is 0 Å². The van der Waals surface area contributed by atoms with E-state index in [0.717, 1.165) is 11.8 Å². The highest BCUT2D eigenvalue weighted by molar-refractivity contribution is 6.08. The van der Waals surface area contributed by atoms with Crippen LogP contribution in [0.15, 0.2) is 0 Å². The number of hydrogen-bond donors (Lipinski definition) is 0. The predicted octanol–water partition coefficient (Wildman–Crippen LogP) is 4.21. The summed E-state index contributed by atoms with van der Waals surface area (Å²) in [6.07, 6.45) is 8.64. The van der Waals surface area contributed by atoms with Gasteiger partial charge in [-0.1, -0.05) is 52.9 Å². The van der Waals surface area contributed by atoms with Crippen molar-refractivity contribution < 1.29 is 0 Å². The molecule has 1 saturated carbocycles. The third-order valence-electron chi connectivity index (χ3n) is 2.80. The van der Waals surface area contributed by atoms with Crippen molar-refractivity contribution in [2.45, 2.75) is 64.6 Å². The molecule has 1 aliphatic rings. The lowest BCUT2D eigenvalue weighted by Gasteiger charge is -2.07. The first-order chi connectivity index (χ1) is 6.28. The molecule has 2 radical (unpaired) electrons. The molecule has 0 aromatic carbocycles. The van der Waals surface area contributed by atoms with Gasteiger partial charge in [0.2, 0.25) is 0 Å². The summed E-state index contributed by atoms with van der Waals surface area (Å²) in [5, 5.41) is 1.31. The zero-order valence-electron chi connectivity index (χ0n) is 9.68. The molecule has 0 bridgehead atoms. The minimum absolute atomic E-state index is 1.07. The summed E-state index contributed by atoms with van der Waals surface area (Å²) in [4.78, 5) is 0. The van der Waals surface area contributed by atoms with Gasteiger partial charge in [-0.15, -0.1) is 5.28 Å². The molecule has 76 valence electrons. The van der Waals surface area contributed by atoms with Gasteiger partial charge in [0, 0.05) is 0 Å². The van der Waals surface area contributed by atoms with E-state index in [1.54, 1.807) is 0 Å². The molecular formula is C12H25Al. The highest BCUT2D eigenvalue weighted by atomic mass is 27.0. The third-order valence-corrected chi connectivity index (χ3v) is 3.14. The summed E-state index contributed by atoms with van der Waals surface area (Å²) in [5.41, 5.74) is 0. The fraction of sp³-hybridized carbons (Fsp3) is 1.00. The van der Waals surface area contributed by atoms with Crippen molar-refractivity contribution in [3.05, 3.63) is 0 Å². The molecule has 13 heavy (non-hydrogen) atoms. The highest BCUT2D eigenvalue weighted by Gasteiger charge is 2.21. The van der Waals surface area contributed by atoms with Crippen LogP contribution in [0.2, 0.25) is 5.28 Å². The highest BCUT2D eigenvalue weighted by Crippen LogP contribution is 2.35. The summed E-state index contributed by atoms with van der Waals surface area (Å²) in [6, 6.07) is 0. The molecule has 0 aromatic rings. The molecule has 0 aromatic heterocycles. The molecular weight excluding hydrogens is 171 g/mol. The van der Waals surface area contributed by atoms with Crippen molar-refractivity contribution in [1.82, 2.24) is 0 Å². The molecule has 0 N–H and O–H groups in total. The molecule has 1 fully saturated rings. The molecule has 0 nitrogen and oxygen atoms in total. The van der Waals surface area contributed by atoms with Crippen molar-refractivity contribution in [2.24, 2.45) is 11.8 Å². The second kappa shape index (κ2) is 9.10. The maximum Gasteiger partial charge on any atom is 0.118 e. The SMILES string of the molecule is CCC.CCC1CCC(C[CH2][Al])C1. The second-order valence-electron chi connectivity index (χ2n) is 4.24. The van der Waals surface area contributed by atoms with Gasteiger partial charge in [0.1, 0.15) is 16.3 Å². The monoisotopic (exact) mass is 196 g/mol. The largest absolute Gasteiger partial charge is 0.118 e. The van der Waals surface area contributed by atoms with Gasteiger partial charge in [-0.2, -0.15) is 0 Å². The molecule has 0 amide bonds. The van der Waals surface area contributed by atoms with E-state index in [1.165, 1.54) is 43.8 Å². The fourth-order valence-corrected chi connectivity index (χ4v) is 2.52. The Hall–Kier alpha value is 0.532. The quantitative estimate of drug-likeness (QED) is 0.593. The van der Waals surface area contributed by atoms with E-state index in [4.69, 9.17) is 0 Å². The Kier molecular flexibility index (Phi) is 9.47. The maximum atomic E-state index is 2.84. The van der Waals surface area contributed by atoms with Crippen LogP contribution in [0, 0.1) is 11.8 Å². The van der Waals surface area contributed by atoms with Crippen LogP contribution in [0.25, 0.3) is 0 Å². The van der Waals surface area contributed by atoms with Crippen LogP contribution in [-0.4, -0.2) is 16.3 Å². The lowest BCUT2D eigenvalue weighted by molar-refractivity contribution is 0.471. The standard InChI is InChI=1S/C9H17.C3H8.Al/c1-3-8-5-6-9(4-2)7-8;1-3-2;/h8-9H,1,3-7H2,2H3;3H2,1-2H3;. The summed E-state index contributed by atoms with van der Waals surface area (Å²) in [7, 11) is 0. The van der Waals surface area contributed by atoms with E-state index in [-0.39, 0.29) is 0 Å². The van der Waals surface area contributed by atoms with Gasteiger partial charge in [-0.25, -0.2) is 0 Å². The van der Waals surface area contributed by atoms with E-state index in [1.807, 2.05) is 0 Å². The Morgan fingerprint density at radius 2 is 1.62 bits per heavy atom. The second-order valence-corrected chi connectivity index (χ2v) is 4.82. The first kappa shape index (κ1) is 13.5. The van der Waals surface area contributed by atoms with Gasteiger partial charge >= 0.3 is 0 Å². The van der Waals surface area contributed by atoms with Crippen LogP contribution < -0.4 is 0 Å². The van der Waals surface area contributed by atoms with Crippen LogP contribution >= 0.6 is 0 Å². The van der Waals surface area contributed by atoms with E-state index in [9.17, 15) is 0 Å². The Morgan fingerprint density at radius 1 is 1.08 bits per heavy atom. The van der Waals surface area contributed by atoms with E-state index >= 15 is 0 Å². The zero-order valence-corrected chi connectivity index (χ0v) is 10.8. The molecule has 0 aliphatic heterocycles. The van der Waals surface area contributed by atoms with Gasteiger partial charge in [-0.3, -0.25) is 0 Å². The third kappa shape index (κ3) is 6.58. The van der Waals surface area contributed by atoms with Gasteiger partial charge in [-0.05, 0) is 18.3 Å². The number of hydrogen-bond acceptors (Lipinski definition) is 0. The smallest absolute Gasteiger partial charge is 0.117 e. The Bertz CT molecular complexity index is 101. The first-order valence-corrected chi connectivity index (χ1v) is 6.80. The van der Waals surface area contributed by atoms with Gasteiger partial charge in [0.25, 0.3) is 0 Å². The summed E-state index contributed by atoms with van der Waals surface area (Å²) >= 11 is 2.84. The van der Waals surface area contributed by atoms with Crippen molar-refractivity contribution in [1.29, 1.82) is 0 Å². The van der Waals surface area contributed by atoms with Crippen LogP contribution in [0.1, 0.15) is 59.3 Å². The zero-order chi connectivity index (χ0) is 10.1. The van der Waals surface area contributed by atoms with E-state index in [2.05, 4.69) is 37.1 Å². The van der Waals surface area contributed by atoms with Crippen LogP contribution in [0.4, 0.5) is 0 Å². The predicted molar refractivity (Wildman–Crippen MR) is 62.3 cm³/mol. The molecule has 0 saturated heterocycles. The summed E-state index contributed by atoms with van der Waals surface area (Å²) in [6.45, 7) is 6.58. The summed E-state index contributed by atoms with van der Waals surface area (Å²) in [5.74, 6) is 2.14. The first-order valence-electron chi connectivity index (χ1n) is 5.98. The van der Waals surface area contributed by atoms with E-state index in [0.29, 0.717) is 0 Å². The molecule has 1 rings (SSSR count). The van der Waals surface area contributed by atoms with Crippen molar-refractivity contribution >= 4 is 16.3 Å². The average molecular weight is 196 g/mol. The lowest BCUT2D eigenvalue weighted by atomic mass is 10.0. The minimum Gasteiger partial charge on any atom is -0.117 e. The van der Waals surface area contributed by atoms with Crippen LogP contribution in [-0.2, 0) is 0 Å². The Labute approximate surface area is 92.9 Å². The van der Waals surface area contributed by atoms with Crippen LogP contribution in [0.3, 0.4) is 0 Å². The molecule has 0 spiro atoms. The normalized spacial score (nSPS) is 26.7. The van der Waals surface area contributed by atoms with Crippen molar-refractivity contribution in [3.8, 4) is 0 Å². The fourth-order valence-electron chi connectivity index (χ4n) is 2.05. The van der Waals surface area contributed by atoms with E-state index < -0.39 is 0 Å². The molecule has 2 atom stereocenters. The average Bonchev–Trinajstić information content (AvgIpc) is 2.54. The Morgan fingerprint density at radius 3 is 2.00 bits per heavy atom. The maximum absolute atomic E-state index is 2.84. The topological polar surface area (TPSA) is 0 Å². The molecule has 1 aliphatic carbocycles. The number of rotatable bonds is 3. The Balaban J connectivity index is 0.000000424. The van der Waals surface area contributed by atoms with Gasteiger partial charge in [0.15, 0.2) is 0 Å². The minimum atomic E-state index is 1.07.